The van der Waals surface area contributed by atoms with Crippen molar-refractivity contribution in [2.45, 2.75) is 68.9 Å². The number of aryl methyl sites for hydroxylation is 1. The van der Waals surface area contributed by atoms with E-state index in [4.69, 9.17) is 4.74 Å². The molecule has 3 aliphatic carbocycles. The molecule has 1 aromatic carbocycles. The van der Waals surface area contributed by atoms with Gasteiger partial charge in [0.25, 0.3) is 0 Å². The predicted molar refractivity (Wildman–Crippen MR) is 102 cm³/mol. The molecule has 0 radical (unpaired) electrons. The number of hydrogen-bond acceptors (Lipinski definition) is 3. The van der Waals surface area contributed by atoms with Crippen molar-refractivity contribution in [3.8, 4) is 0 Å². The Balaban J connectivity index is 1.16. The number of amides is 2. The van der Waals surface area contributed by atoms with Gasteiger partial charge in [-0.05, 0) is 68.4 Å². The molecular weight excluding hydrogens is 340 g/mol. The molecule has 4 fully saturated rings. The van der Waals surface area contributed by atoms with Crippen molar-refractivity contribution in [2.75, 3.05) is 13.7 Å². The first-order valence-electron chi connectivity index (χ1n) is 10.3. The van der Waals surface area contributed by atoms with Gasteiger partial charge < -0.3 is 15.0 Å². The number of carbonyl (C=O) groups is 2. The van der Waals surface area contributed by atoms with Crippen LogP contribution in [0.4, 0.5) is 4.79 Å². The number of nitrogens with one attached hydrogen (secondary N) is 1. The molecule has 0 atom stereocenters. The summed E-state index contributed by atoms with van der Waals surface area (Å²) in [6.45, 7) is 2.60. The molecule has 2 amide bonds. The molecule has 4 aliphatic rings. The summed E-state index contributed by atoms with van der Waals surface area (Å²) >= 11 is 0. The van der Waals surface area contributed by atoms with Crippen LogP contribution in [0.3, 0.4) is 0 Å². The maximum atomic E-state index is 12.8. The van der Waals surface area contributed by atoms with Gasteiger partial charge in [0.2, 0.25) is 5.91 Å². The highest BCUT2D eigenvalue weighted by Crippen LogP contribution is 2.46. The second kappa shape index (κ2) is 5.98. The van der Waals surface area contributed by atoms with Gasteiger partial charge in [0.1, 0.15) is 6.61 Å². The first-order valence-corrected chi connectivity index (χ1v) is 10.3. The average molecular weight is 368 g/mol. The third-order valence-electron chi connectivity index (χ3n) is 7.12. The minimum Gasteiger partial charge on any atom is -0.447 e. The van der Waals surface area contributed by atoms with Crippen molar-refractivity contribution in [3.63, 3.8) is 0 Å². The zero-order valence-corrected chi connectivity index (χ0v) is 16.2. The normalized spacial score (nSPS) is 34.4. The lowest BCUT2D eigenvalue weighted by Gasteiger charge is -2.47. The Kier molecular flexibility index (Phi) is 3.78. The predicted octanol–water partition coefficient (Wildman–Crippen LogP) is 3.47. The van der Waals surface area contributed by atoms with Crippen LogP contribution in [0.1, 0.15) is 67.1 Å². The summed E-state index contributed by atoms with van der Waals surface area (Å²) in [5.74, 6) is 1.62. The second-order valence-corrected chi connectivity index (χ2v) is 9.31. The van der Waals surface area contributed by atoms with Crippen LogP contribution in [0.25, 0.3) is 0 Å². The van der Waals surface area contributed by atoms with Gasteiger partial charge >= 0.3 is 6.09 Å². The van der Waals surface area contributed by atoms with Crippen LogP contribution < -0.4 is 5.32 Å². The van der Waals surface area contributed by atoms with Gasteiger partial charge in [0.05, 0.1) is 5.54 Å². The highest BCUT2D eigenvalue weighted by Gasteiger charge is 2.53. The molecule has 1 aliphatic heterocycles. The summed E-state index contributed by atoms with van der Waals surface area (Å²) in [5, 5.41) is 2.87. The molecule has 1 saturated heterocycles. The molecule has 1 N–H and O–H groups in total. The SMILES string of the molecule is Cc1cc(C2CC2)cc(C2CC(N(C)C(=O)C3CC4(COC(=O)N4)C3)C2)c1. The topological polar surface area (TPSA) is 58.6 Å². The molecule has 0 bridgehead atoms. The Labute approximate surface area is 160 Å². The molecule has 5 heteroatoms. The number of hydrogen-bond donors (Lipinski definition) is 1. The molecule has 0 aromatic heterocycles. The summed E-state index contributed by atoms with van der Waals surface area (Å²) in [6.07, 6.45) is 5.87. The van der Waals surface area contributed by atoms with Crippen LogP contribution in [0.5, 0.6) is 0 Å². The van der Waals surface area contributed by atoms with E-state index in [0.717, 1.165) is 18.8 Å². The molecule has 27 heavy (non-hydrogen) atoms. The van der Waals surface area contributed by atoms with Crippen molar-refractivity contribution in [2.24, 2.45) is 5.92 Å². The van der Waals surface area contributed by atoms with Gasteiger partial charge in [-0.1, -0.05) is 23.8 Å². The van der Waals surface area contributed by atoms with Crippen molar-refractivity contribution in [1.82, 2.24) is 10.2 Å². The van der Waals surface area contributed by atoms with Crippen LogP contribution in [-0.2, 0) is 9.53 Å². The van der Waals surface area contributed by atoms with E-state index in [1.165, 1.54) is 29.5 Å². The summed E-state index contributed by atoms with van der Waals surface area (Å²) in [5.41, 5.74) is 4.06. The highest BCUT2D eigenvalue weighted by atomic mass is 16.6. The van der Waals surface area contributed by atoms with Gasteiger partial charge in [0.15, 0.2) is 0 Å². The van der Waals surface area contributed by atoms with Gasteiger partial charge in [-0.15, -0.1) is 0 Å². The van der Waals surface area contributed by atoms with Gasteiger partial charge in [0, 0.05) is 19.0 Å². The van der Waals surface area contributed by atoms with E-state index in [1.807, 2.05) is 11.9 Å². The minimum atomic E-state index is -0.347. The molecule has 1 spiro atoms. The Morgan fingerprint density at radius 2 is 1.81 bits per heavy atom. The number of alkyl carbamates (subject to hydrolysis) is 1. The van der Waals surface area contributed by atoms with Gasteiger partial charge in [-0.3, -0.25) is 4.79 Å². The maximum absolute atomic E-state index is 12.8. The Bertz CT molecular complexity index is 789. The van der Waals surface area contributed by atoms with Crippen molar-refractivity contribution < 1.29 is 14.3 Å². The molecule has 5 nitrogen and oxygen atoms in total. The van der Waals surface area contributed by atoms with E-state index in [-0.39, 0.29) is 23.5 Å². The molecule has 3 saturated carbocycles. The Morgan fingerprint density at radius 1 is 1.15 bits per heavy atom. The Hall–Kier alpha value is -2.04. The van der Waals surface area contributed by atoms with E-state index in [2.05, 4.69) is 30.4 Å². The fourth-order valence-electron chi connectivity index (χ4n) is 5.15. The van der Waals surface area contributed by atoms with E-state index in [9.17, 15) is 9.59 Å². The number of nitrogens with zero attached hydrogens (tertiary/aromatic N) is 1. The lowest BCUT2D eigenvalue weighted by Crippen LogP contribution is -2.59. The lowest BCUT2D eigenvalue weighted by molar-refractivity contribution is -0.143. The number of carbonyl (C=O) groups excluding carboxylic acids is 2. The highest BCUT2D eigenvalue weighted by molar-refractivity contribution is 5.81. The zero-order valence-electron chi connectivity index (χ0n) is 16.2. The molecule has 5 rings (SSSR count). The van der Waals surface area contributed by atoms with E-state index >= 15 is 0 Å². The molecular formula is C22H28N2O3. The van der Waals surface area contributed by atoms with Gasteiger partial charge in [-0.2, -0.15) is 0 Å². The standard InChI is InChI=1S/C22H28N2O3/c1-13-5-15(14-3-4-14)7-16(6-13)17-8-19(9-17)24(2)20(25)18-10-22(11-18)12-27-21(26)23-22/h5-7,14,17-19H,3-4,8-12H2,1-2H3,(H,23,26). The zero-order chi connectivity index (χ0) is 18.8. The monoisotopic (exact) mass is 368 g/mol. The number of ether oxygens (including phenoxy) is 1. The van der Waals surface area contributed by atoms with Crippen LogP contribution in [-0.4, -0.2) is 42.1 Å². The molecule has 144 valence electrons. The summed E-state index contributed by atoms with van der Waals surface area (Å²) in [4.78, 5) is 26.0. The molecule has 0 unspecified atom stereocenters. The smallest absolute Gasteiger partial charge is 0.407 e. The summed E-state index contributed by atoms with van der Waals surface area (Å²) in [7, 11) is 1.95. The quantitative estimate of drug-likeness (QED) is 0.885. The van der Waals surface area contributed by atoms with E-state index in [1.54, 1.807) is 0 Å². The van der Waals surface area contributed by atoms with Crippen LogP contribution in [0, 0.1) is 12.8 Å². The van der Waals surface area contributed by atoms with Crippen LogP contribution in [0.2, 0.25) is 0 Å². The number of benzene rings is 1. The van der Waals surface area contributed by atoms with Crippen molar-refractivity contribution >= 4 is 12.0 Å². The fraction of sp³-hybridized carbons (Fsp3) is 0.636. The van der Waals surface area contributed by atoms with E-state index < -0.39 is 0 Å². The molecule has 1 heterocycles. The second-order valence-electron chi connectivity index (χ2n) is 9.31. The largest absolute Gasteiger partial charge is 0.447 e. The van der Waals surface area contributed by atoms with Crippen LogP contribution >= 0.6 is 0 Å². The fourth-order valence-corrected chi connectivity index (χ4v) is 5.15. The van der Waals surface area contributed by atoms with Crippen LogP contribution in [0.15, 0.2) is 18.2 Å². The van der Waals surface area contributed by atoms with Crippen molar-refractivity contribution in [1.29, 1.82) is 0 Å². The van der Waals surface area contributed by atoms with Crippen molar-refractivity contribution in [3.05, 3.63) is 34.9 Å². The first kappa shape index (κ1) is 17.1. The van der Waals surface area contributed by atoms with Gasteiger partial charge in [-0.25, -0.2) is 4.79 Å². The summed E-state index contributed by atoms with van der Waals surface area (Å²) in [6, 6.07) is 7.42. The average Bonchev–Trinajstić information content (AvgIpc) is 3.33. The minimum absolute atomic E-state index is 0.0245. The third-order valence-corrected chi connectivity index (χ3v) is 7.12. The molecule has 1 aromatic rings. The number of rotatable bonds is 4. The first-order chi connectivity index (χ1) is 12.9. The number of cyclic esters (lactones) is 1. The Morgan fingerprint density at radius 3 is 2.41 bits per heavy atom. The lowest BCUT2D eigenvalue weighted by atomic mass is 9.67. The third kappa shape index (κ3) is 3.01. The summed E-state index contributed by atoms with van der Waals surface area (Å²) < 4.78 is 5.01. The van der Waals surface area contributed by atoms with E-state index in [0.29, 0.717) is 31.4 Å². The maximum Gasteiger partial charge on any atom is 0.407 e.